The zero-order valence-corrected chi connectivity index (χ0v) is 12.1. The summed E-state index contributed by atoms with van der Waals surface area (Å²) in [4.78, 5) is 12.0. The fourth-order valence-electron chi connectivity index (χ4n) is 1.65. The highest BCUT2D eigenvalue weighted by Gasteiger charge is 2.14. The van der Waals surface area contributed by atoms with E-state index < -0.39 is 6.10 Å². The molecule has 2 aromatic rings. The minimum atomic E-state index is -0.586. The highest BCUT2D eigenvalue weighted by atomic mass is 35.5. The van der Waals surface area contributed by atoms with Crippen LogP contribution in [0, 0.1) is 6.92 Å². The number of halogens is 1. The Hall–Kier alpha value is -2.00. The monoisotopic (exact) mass is 289 g/mol. The Bertz CT molecular complexity index is 578. The van der Waals surface area contributed by atoms with E-state index in [1.807, 2.05) is 31.2 Å². The van der Waals surface area contributed by atoms with E-state index in [1.165, 1.54) is 0 Å². The van der Waals surface area contributed by atoms with Crippen molar-refractivity contribution in [3.05, 3.63) is 59.1 Å². The lowest BCUT2D eigenvalue weighted by Gasteiger charge is -2.14. The quantitative estimate of drug-likeness (QED) is 0.922. The molecule has 0 aliphatic rings. The Balaban J connectivity index is 1.94. The van der Waals surface area contributed by atoms with E-state index >= 15 is 0 Å². The summed E-state index contributed by atoms with van der Waals surface area (Å²) >= 11 is 5.80. The summed E-state index contributed by atoms with van der Waals surface area (Å²) in [6.07, 6.45) is -0.586. The van der Waals surface area contributed by atoms with Gasteiger partial charge in [0, 0.05) is 10.7 Å². The molecule has 1 unspecified atom stereocenters. The normalized spacial score (nSPS) is 11.8. The first-order valence-corrected chi connectivity index (χ1v) is 6.72. The molecular weight excluding hydrogens is 274 g/mol. The lowest BCUT2D eigenvalue weighted by atomic mass is 10.2. The Morgan fingerprint density at radius 2 is 1.70 bits per heavy atom. The molecule has 0 saturated heterocycles. The predicted molar refractivity (Wildman–Crippen MR) is 81.4 cm³/mol. The van der Waals surface area contributed by atoms with E-state index in [2.05, 4.69) is 5.32 Å². The molecule has 1 N–H and O–H groups in total. The number of ether oxygens (including phenoxy) is 1. The van der Waals surface area contributed by atoms with Crippen LogP contribution in [0.3, 0.4) is 0 Å². The number of amides is 1. The van der Waals surface area contributed by atoms with E-state index in [0.29, 0.717) is 10.8 Å². The van der Waals surface area contributed by atoms with Gasteiger partial charge in [-0.15, -0.1) is 0 Å². The molecule has 0 aliphatic heterocycles. The third-order valence-electron chi connectivity index (χ3n) is 2.81. The number of rotatable bonds is 4. The number of hydrogen-bond donors (Lipinski definition) is 1. The van der Waals surface area contributed by atoms with Gasteiger partial charge < -0.3 is 10.1 Å². The highest BCUT2D eigenvalue weighted by molar-refractivity contribution is 6.30. The number of anilines is 1. The summed E-state index contributed by atoms with van der Waals surface area (Å²) < 4.78 is 5.56. The van der Waals surface area contributed by atoms with Crippen LogP contribution in [0.1, 0.15) is 12.5 Å². The van der Waals surface area contributed by atoms with E-state index in [0.717, 1.165) is 11.3 Å². The Labute approximate surface area is 123 Å². The van der Waals surface area contributed by atoms with Gasteiger partial charge in [-0.25, -0.2) is 0 Å². The van der Waals surface area contributed by atoms with Crippen LogP contribution >= 0.6 is 11.6 Å². The van der Waals surface area contributed by atoms with Crippen LogP contribution in [-0.2, 0) is 4.79 Å². The van der Waals surface area contributed by atoms with Crippen molar-refractivity contribution in [1.82, 2.24) is 0 Å². The second-order valence-electron chi connectivity index (χ2n) is 4.57. The van der Waals surface area contributed by atoms with Gasteiger partial charge in [0.25, 0.3) is 5.91 Å². The van der Waals surface area contributed by atoms with Crippen LogP contribution in [0.4, 0.5) is 5.69 Å². The molecule has 1 atom stereocenters. The van der Waals surface area contributed by atoms with Gasteiger partial charge in [0.15, 0.2) is 6.10 Å². The topological polar surface area (TPSA) is 38.3 Å². The third kappa shape index (κ3) is 4.00. The van der Waals surface area contributed by atoms with Gasteiger partial charge in [-0.05, 0) is 50.2 Å². The standard InChI is InChI=1S/C16H16ClNO2/c1-11-3-7-14(8-4-11)18-16(19)12(2)20-15-9-5-13(17)6-10-15/h3-10,12H,1-2H3,(H,18,19). The molecular formula is C16H16ClNO2. The van der Waals surface area contributed by atoms with Gasteiger partial charge in [0.05, 0.1) is 0 Å². The van der Waals surface area contributed by atoms with Crippen molar-refractivity contribution in [2.45, 2.75) is 20.0 Å². The largest absolute Gasteiger partial charge is 0.481 e. The molecule has 0 aromatic heterocycles. The molecule has 4 heteroatoms. The van der Waals surface area contributed by atoms with Crippen LogP contribution in [0.2, 0.25) is 5.02 Å². The van der Waals surface area contributed by atoms with Crippen LogP contribution in [0.15, 0.2) is 48.5 Å². The molecule has 1 amide bonds. The first-order chi connectivity index (χ1) is 9.54. The first-order valence-electron chi connectivity index (χ1n) is 6.34. The lowest BCUT2D eigenvalue weighted by molar-refractivity contribution is -0.122. The molecule has 2 aromatic carbocycles. The Morgan fingerprint density at radius 3 is 2.30 bits per heavy atom. The zero-order valence-electron chi connectivity index (χ0n) is 11.4. The molecule has 104 valence electrons. The van der Waals surface area contributed by atoms with Gasteiger partial charge in [0.2, 0.25) is 0 Å². The van der Waals surface area contributed by atoms with Gasteiger partial charge in [-0.1, -0.05) is 29.3 Å². The summed E-state index contributed by atoms with van der Waals surface area (Å²) in [6, 6.07) is 14.5. The fraction of sp³-hybridized carbons (Fsp3) is 0.188. The van der Waals surface area contributed by atoms with E-state index in [-0.39, 0.29) is 5.91 Å². The summed E-state index contributed by atoms with van der Waals surface area (Å²) in [5.74, 6) is 0.421. The second-order valence-corrected chi connectivity index (χ2v) is 5.01. The number of benzene rings is 2. The van der Waals surface area contributed by atoms with Crippen molar-refractivity contribution < 1.29 is 9.53 Å². The van der Waals surface area contributed by atoms with Crippen molar-refractivity contribution in [3.8, 4) is 5.75 Å². The molecule has 0 saturated carbocycles. The maximum absolute atomic E-state index is 12.0. The van der Waals surface area contributed by atoms with Crippen LogP contribution in [0.25, 0.3) is 0 Å². The van der Waals surface area contributed by atoms with Crippen molar-refractivity contribution in [2.75, 3.05) is 5.32 Å². The van der Waals surface area contributed by atoms with Crippen LogP contribution in [-0.4, -0.2) is 12.0 Å². The van der Waals surface area contributed by atoms with Crippen molar-refractivity contribution in [1.29, 1.82) is 0 Å². The van der Waals surface area contributed by atoms with Crippen molar-refractivity contribution in [2.24, 2.45) is 0 Å². The Kier molecular flexibility index (Phi) is 4.64. The number of aryl methyl sites for hydroxylation is 1. The maximum Gasteiger partial charge on any atom is 0.265 e. The molecule has 0 spiro atoms. The van der Waals surface area contributed by atoms with Crippen LogP contribution in [0.5, 0.6) is 5.75 Å². The van der Waals surface area contributed by atoms with Crippen LogP contribution < -0.4 is 10.1 Å². The second kappa shape index (κ2) is 6.44. The zero-order chi connectivity index (χ0) is 14.5. The van der Waals surface area contributed by atoms with E-state index in [1.54, 1.807) is 31.2 Å². The number of carbonyl (C=O) groups excluding carboxylic acids is 1. The average Bonchev–Trinajstić information content (AvgIpc) is 2.44. The van der Waals surface area contributed by atoms with Crippen molar-refractivity contribution >= 4 is 23.2 Å². The van der Waals surface area contributed by atoms with E-state index in [4.69, 9.17) is 16.3 Å². The fourth-order valence-corrected chi connectivity index (χ4v) is 1.78. The van der Waals surface area contributed by atoms with Gasteiger partial charge in [-0.2, -0.15) is 0 Å². The van der Waals surface area contributed by atoms with Crippen molar-refractivity contribution in [3.63, 3.8) is 0 Å². The summed E-state index contributed by atoms with van der Waals surface area (Å²) in [5.41, 5.74) is 1.90. The highest BCUT2D eigenvalue weighted by Crippen LogP contribution is 2.17. The molecule has 2 rings (SSSR count). The smallest absolute Gasteiger partial charge is 0.265 e. The number of nitrogens with one attached hydrogen (secondary N) is 1. The Morgan fingerprint density at radius 1 is 1.10 bits per heavy atom. The molecule has 0 fully saturated rings. The summed E-state index contributed by atoms with van der Waals surface area (Å²) in [6.45, 7) is 3.70. The van der Waals surface area contributed by atoms with E-state index in [9.17, 15) is 4.79 Å². The molecule has 20 heavy (non-hydrogen) atoms. The molecule has 0 bridgehead atoms. The molecule has 0 heterocycles. The lowest BCUT2D eigenvalue weighted by Crippen LogP contribution is -2.30. The molecule has 0 radical (unpaired) electrons. The first kappa shape index (κ1) is 14.4. The van der Waals surface area contributed by atoms with Gasteiger partial charge in [-0.3, -0.25) is 4.79 Å². The maximum atomic E-state index is 12.0. The average molecular weight is 290 g/mol. The SMILES string of the molecule is Cc1ccc(NC(=O)C(C)Oc2ccc(Cl)cc2)cc1. The summed E-state index contributed by atoms with van der Waals surface area (Å²) in [7, 11) is 0. The number of carbonyl (C=O) groups is 1. The minimum Gasteiger partial charge on any atom is -0.481 e. The predicted octanol–water partition coefficient (Wildman–Crippen LogP) is 4.05. The van der Waals surface area contributed by atoms with Gasteiger partial charge in [0.1, 0.15) is 5.75 Å². The molecule has 3 nitrogen and oxygen atoms in total. The minimum absolute atomic E-state index is 0.191. The van der Waals surface area contributed by atoms with Gasteiger partial charge >= 0.3 is 0 Å². The third-order valence-corrected chi connectivity index (χ3v) is 3.07. The number of hydrogen-bond acceptors (Lipinski definition) is 2. The summed E-state index contributed by atoms with van der Waals surface area (Å²) in [5, 5.41) is 3.44. The molecule has 0 aliphatic carbocycles.